The third kappa shape index (κ3) is 5.17. The molecule has 0 unspecified atom stereocenters. The van der Waals surface area contributed by atoms with Gasteiger partial charge < -0.3 is 14.8 Å². The van der Waals surface area contributed by atoms with E-state index in [2.05, 4.69) is 12.2 Å². The van der Waals surface area contributed by atoms with Crippen LogP contribution >= 0.6 is 11.6 Å². The lowest BCUT2D eigenvalue weighted by Gasteiger charge is -2.15. The number of para-hydroxylation sites is 1. The molecule has 1 N–H and O–H groups in total. The lowest BCUT2D eigenvalue weighted by molar-refractivity contribution is -0.127. The number of halogens is 1. The Kier molecular flexibility index (Phi) is 6.50. The van der Waals surface area contributed by atoms with Gasteiger partial charge in [-0.2, -0.15) is 0 Å². The van der Waals surface area contributed by atoms with Crippen LogP contribution in [0, 0.1) is 13.8 Å². The SMILES string of the molecule is Cc1ccc(OCCNC(=O)[C@H](C)Oc2ccccc2Cl)cc1C. The molecule has 2 aromatic rings. The second-order valence-electron chi connectivity index (χ2n) is 5.58. The van der Waals surface area contributed by atoms with Crippen molar-refractivity contribution in [3.8, 4) is 11.5 Å². The van der Waals surface area contributed by atoms with Crippen molar-refractivity contribution < 1.29 is 14.3 Å². The minimum Gasteiger partial charge on any atom is -0.492 e. The highest BCUT2D eigenvalue weighted by molar-refractivity contribution is 6.32. The highest BCUT2D eigenvalue weighted by atomic mass is 35.5. The predicted octanol–water partition coefficient (Wildman–Crippen LogP) is 3.92. The van der Waals surface area contributed by atoms with Crippen LogP contribution in [-0.2, 0) is 4.79 Å². The number of amides is 1. The zero-order chi connectivity index (χ0) is 17.5. The van der Waals surface area contributed by atoms with Crippen LogP contribution in [0.2, 0.25) is 5.02 Å². The van der Waals surface area contributed by atoms with E-state index in [9.17, 15) is 4.79 Å². The molecule has 4 nitrogen and oxygen atoms in total. The van der Waals surface area contributed by atoms with E-state index in [1.165, 1.54) is 11.1 Å². The van der Waals surface area contributed by atoms with Gasteiger partial charge in [0, 0.05) is 0 Å². The fourth-order valence-corrected chi connectivity index (χ4v) is 2.26. The first-order chi connectivity index (χ1) is 11.5. The van der Waals surface area contributed by atoms with E-state index < -0.39 is 6.10 Å². The third-order valence-electron chi connectivity index (χ3n) is 3.66. The molecule has 24 heavy (non-hydrogen) atoms. The summed E-state index contributed by atoms with van der Waals surface area (Å²) in [6, 6.07) is 13.0. The van der Waals surface area contributed by atoms with Crippen LogP contribution in [-0.4, -0.2) is 25.2 Å². The first kappa shape index (κ1) is 18.1. The summed E-state index contributed by atoms with van der Waals surface area (Å²) in [6.45, 7) is 6.58. The topological polar surface area (TPSA) is 47.6 Å². The molecule has 0 saturated carbocycles. The van der Waals surface area contributed by atoms with E-state index in [4.69, 9.17) is 21.1 Å². The normalized spacial score (nSPS) is 11.7. The van der Waals surface area contributed by atoms with E-state index >= 15 is 0 Å². The molecule has 0 radical (unpaired) electrons. The average Bonchev–Trinajstić information content (AvgIpc) is 2.56. The van der Waals surface area contributed by atoms with Crippen molar-refractivity contribution in [3.63, 3.8) is 0 Å². The van der Waals surface area contributed by atoms with Crippen molar-refractivity contribution in [1.29, 1.82) is 0 Å². The first-order valence-corrected chi connectivity index (χ1v) is 8.24. The summed E-state index contributed by atoms with van der Waals surface area (Å²) in [5.74, 6) is 1.08. The van der Waals surface area contributed by atoms with Gasteiger partial charge in [0.2, 0.25) is 0 Å². The molecular weight excluding hydrogens is 326 g/mol. The Hall–Kier alpha value is -2.20. The van der Waals surface area contributed by atoms with Crippen LogP contribution in [0.1, 0.15) is 18.1 Å². The van der Waals surface area contributed by atoms with Crippen LogP contribution < -0.4 is 14.8 Å². The van der Waals surface area contributed by atoms with Gasteiger partial charge in [-0.25, -0.2) is 0 Å². The average molecular weight is 348 g/mol. The number of carbonyl (C=O) groups is 1. The zero-order valence-corrected chi connectivity index (χ0v) is 14.9. The molecule has 0 fully saturated rings. The minimum atomic E-state index is -0.633. The van der Waals surface area contributed by atoms with Crippen LogP contribution in [0.15, 0.2) is 42.5 Å². The molecule has 0 bridgehead atoms. The van der Waals surface area contributed by atoms with Gasteiger partial charge in [-0.1, -0.05) is 29.8 Å². The number of carbonyl (C=O) groups excluding carboxylic acids is 1. The van der Waals surface area contributed by atoms with E-state index in [0.29, 0.717) is 23.9 Å². The standard InChI is InChI=1S/C19H22ClNO3/c1-13-8-9-16(12-14(13)2)23-11-10-21-19(22)15(3)24-18-7-5-4-6-17(18)20/h4-9,12,15H,10-11H2,1-3H3,(H,21,22)/t15-/m0/s1. The maximum Gasteiger partial charge on any atom is 0.260 e. The lowest BCUT2D eigenvalue weighted by Crippen LogP contribution is -2.38. The summed E-state index contributed by atoms with van der Waals surface area (Å²) in [4.78, 5) is 12.0. The van der Waals surface area contributed by atoms with Crippen molar-refractivity contribution in [1.82, 2.24) is 5.32 Å². The number of ether oxygens (including phenoxy) is 2. The smallest absolute Gasteiger partial charge is 0.260 e. The molecule has 0 heterocycles. The molecular formula is C19H22ClNO3. The van der Waals surface area contributed by atoms with Crippen molar-refractivity contribution in [3.05, 3.63) is 58.6 Å². The van der Waals surface area contributed by atoms with Crippen LogP contribution in [0.25, 0.3) is 0 Å². The summed E-state index contributed by atoms with van der Waals surface area (Å²) >= 11 is 6.01. The molecule has 1 atom stereocenters. The van der Waals surface area contributed by atoms with Gasteiger partial charge in [0.25, 0.3) is 5.91 Å². The van der Waals surface area contributed by atoms with Crippen molar-refractivity contribution >= 4 is 17.5 Å². The maximum atomic E-state index is 12.0. The molecule has 0 spiro atoms. The van der Waals surface area contributed by atoms with Gasteiger partial charge in [-0.15, -0.1) is 0 Å². The van der Waals surface area contributed by atoms with E-state index in [-0.39, 0.29) is 5.91 Å². The molecule has 0 aliphatic heterocycles. The second kappa shape index (κ2) is 8.60. The Morgan fingerprint density at radius 3 is 2.62 bits per heavy atom. The van der Waals surface area contributed by atoms with Crippen molar-refractivity contribution in [2.24, 2.45) is 0 Å². The minimum absolute atomic E-state index is 0.210. The first-order valence-electron chi connectivity index (χ1n) is 7.86. The highest BCUT2D eigenvalue weighted by Crippen LogP contribution is 2.24. The van der Waals surface area contributed by atoms with Gasteiger partial charge >= 0.3 is 0 Å². The Labute approximate surface area is 147 Å². The Bertz CT molecular complexity index is 703. The fourth-order valence-electron chi connectivity index (χ4n) is 2.07. The monoisotopic (exact) mass is 347 g/mol. The van der Waals surface area contributed by atoms with E-state index in [0.717, 1.165) is 5.75 Å². The molecule has 5 heteroatoms. The number of benzene rings is 2. The lowest BCUT2D eigenvalue weighted by atomic mass is 10.1. The van der Waals surface area contributed by atoms with Gasteiger partial charge in [0.15, 0.2) is 6.10 Å². The number of hydrogen-bond acceptors (Lipinski definition) is 3. The number of aryl methyl sites for hydroxylation is 2. The predicted molar refractivity (Wildman–Crippen MR) is 96.0 cm³/mol. The summed E-state index contributed by atoms with van der Waals surface area (Å²) in [5.41, 5.74) is 2.40. The van der Waals surface area contributed by atoms with Crippen molar-refractivity contribution in [2.45, 2.75) is 26.9 Å². The maximum absolute atomic E-state index is 12.0. The molecule has 0 aliphatic carbocycles. The van der Waals surface area contributed by atoms with Crippen LogP contribution in [0.3, 0.4) is 0 Å². The second-order valence-corrected chi connectivity index (χ2v) is 5.98. The molecule has 1 amide bonds. The number of rotatable bonds is 7. The molecule has 0 saturated heterocycles. The molecule has 2 aromatic carbocycles. The number of nitrogens with one attached hydrogen (secondary N) is 1. The quantitative estimate of drug-likeness (QED) is 0.772. The fraction of sp³-hybridized carbons (Fsp3) is 0.316. The Balaban J connectivity index is 1.74. The summed E-state index contributed by atoms with van der Waals surface area (Å²) in [6.07, 6.45) is -0.633. The molecule has 128 valence electrons. The summed E-state index contributed by atoms with van der Waals surface area (Å²) < 4.78 is 11.2. The molecule has 0 aromatic heterocycles. The van der Waals surface area contributed by atoms with Crippen molar-refractivity contribution in [2.75, 3.05) is 13.2 Å². The third-order valence-corrected chi connectivity index (χ3v) is 3.97. The largest absolute Gasteiger partial charge is 0.492 e. The van der Waals surface area contributed by atoms with Gasteiger partial charge in [-0.3, -0.25) is 4.79 Å². The number of hydrogen-bond donors (Lipinski definition) is 1. The van der Waals surface area contributed by atoms with Gasteiger partial charge in [0.1, 0.15) is 18.1 Å². The Morgan fingerprint density at radius 1 is 1.17 bits per heavy atom. The van der Waals surface area contributed by atoms with Crippen LogP contribution in [0.5, 0.6) is 11.5 Å². The van der Waals surface area contributed by atoms with Gasteiger partial charge in [-0.05, 0) is 56.2 Å². The Morgan fingerprint density at radius 2 is 1.92 bits per heavy atom. The van der Waals surface area contributed by atoms with Gasteiger partial charge in [0.05, 0.1) is 11.6 Å². The van der Waals surface area contributed by atoms with Crippen LogP contribution in [0.4, 0.5) is 0 Å². The summed E-state index contributed by atoms with van der Waals surface area (Å²) in [7, 11) is 0. The highest BCUT2D eigenvalue weighted by Gasteiger charge is 2.15. The molecule has 2 rings (SSSR count). The molecule has 0 aliphatic rings. The van der Waals surface area contributed by atoms with E-state index in [1.807, 2.05) is 37.3 Å². The summed E-state index contributed by atoms with van der Waals surface area (Å²) in [5, 5.41) is 3.27. The zero-order valence-electron chi connectivity index (χ0n) is 14.1. The van der Waals surface area contributed by atoms with E-state index in [1.54, 1.807) is 19.1 Å².